The first-order valence-electron chi connectivity index (χ1n) is 7.69. The fraction of sp³-hybridized carbons (Fsp3) is 0.750. The lowest BCUT2D eigenvalue weighted by Gasteiger charge is -2.25. The number of rotatable bonds is 9. The van der Waals surface area contributed by atoms with Crippen molar-refractivity contribution in [2.75, 3.05) is 0 Å². The predicted molar refractivity (Wildman–Crippen MR) is 82.4 cm³/mol. The first-order chi connectivity index (χ1) is 9.50. The second-order valence-electron chi connectivity index (χ2n) is 5.99. The summed E-state index contributed by atoms with van der Waals surface area (Å²) in [5, 5.41) is 12.7. The molecule has 4 heteroatoms. The van der Waals surface area contributed by atoms with E-state index in [9.17, 15) is 5.26 Å². The Morgan fingerprint density at radius 1 is 1.45 bits per heavy atom. The number of nitrogens with zero attached hydrogens (tertiary/aromatic N) is 3. The van der Waals surface area contributed by atoms with Crippen LogP contribution in [0.1, 0.15) is 59.2 Å². The van der Waals surface area contributed by atoms with Crippen LogP contribution in [0.4, 0.5) is 0 Å². The van der Waals surface area contributed by atoms with E-state index in [1.54, 1.807) is 0 Å². The Labute approximate surface area is 123 Å². The van der Waals surface area contributed by atoms with Gasteiger partial charge in [0, 0.05) is 31.4 Å². The molecular weight excluding hydrogens is 248 g/mol. The van der Waals surface area contributed by atoms with Gasteiger partial charge in [-0.25, -0.2) is 4.98 Å². The van der Waals surface area contributed by atoms with Gasteiger partial charge in [-0.05, 0) is 46.5 Å². The summed E-state index contributed by atoms with van der Waals surface area (Å²) in [5.74, 6) is 1.18. The van der Waals surface area contributed by atoms with Crippen LogP contribution in [0.5, 0.6) is 0 Å². The average molecular weight is 276 g/mol. The number of nitriles is 1. The number of hydrogen-bond acceptors (Lipinski definition) is 3. The zero-order valence-electron chi connectivity index (χ0n) is 13.3. The lowest BCUT2D eigenvalue weighted by atomic mass is 9.95. The maximum atomic E-state index is 9.30. The zero-order chi connectivity index (χ0) is 15.0. The lowest BCUT2D eigenvalue weighted by Crippen LogP contribution is -2.44. The predicted octanol–water partition coefficient (Wildman–Crippen LogP) is 3.29. The number of unbranched alkanes of at least 4 members (excludes halogenated alkanes) is 1. The van der Waals surface area contributed by atoms with E-state index in [1.807, 2.05) is 13.1 Å². The van der Waals surface area contributed by atoms with Gasteiger partial charge in [0.05, 0.1) is 6.07 Å². The summed E-state index contributed by atoms with van der Waals surface area (Å²) in [6, 6.07) is 2.74. The fourth-order valence-electron chi connectivity index (χ4n) is 2.55. The molecule has 0 fully saturated rings. The lowest BCUT2D eigenvalue weighted by molar-refractivity contribution is 0.365. The Morgan fingerprint density at radius 2 is 2.20 bits per heavy atom. The van der Waals surface area contributed by atoms with Crippen molar-refractivity contribution in [2.45, 2.75) is 77.9 Å². The van der Waals surface area contributed by atoms with Gasteiger partial charge in [0.15, 0.2) is 0 Å². The summed E-state index contributed by atoms with van der Waals surface area (Å²) >= 11 is 0. The molecule has 1 N–H and O–H groups in total. The van der Waals surface area contributed by atoms with E-state index in [4.69, 9.17) is 0 Å². The number of aryl methyl sites for hydroxylation is 2. The van der Waals surface area contributed by atoms with Crippen LogP contribution >= 0.6 is 0 Å². The van der Waals surface area contributed by atoms with Gasteiger partial charge < -0.3 is 4.57 Å². The van der Waals surface area contributed by atoms with Crippen molar-refractivity contribution < 1.29 is 0 Å². The highest BCUT2D eigenvalue weighted by Crippen LogP contribution is 2.15. The second kappa shape index (κ2) is 8.06. The molecule has 0 bridgehead atoms. The van der Waals surface area contributed by atoms with Crippen LogP contribution in [0.3, 0.4) is 0 Å². The summed E-state index contributed by atoms with van der Waals surface area (Å²) in [6.07, 6.45) is 9.13. The minimum atomic E-state index is -0.407. The molecule has 4 nitrogen and oxygen atoms in total. The molecule has 0 aliphatic carbocycles. The van der Waals surface area contributed by atoms with Crippen molar-refractivity contribution in [2.24, 2.45) is 0 Å². The molecule has 0 aliphatic rings. The summed E-state index contributed by atoms with van der Waals surface area (Å²) in [5.41, 5.74) is -0.407. The fourth-order valence-corrected chi connectivity index (χ4v) is 2.55. The van der Waals surface area contributed by atoms with E-state index in [1.165, 1.54) is 5.82 Å². The minimum Gasteiger partial charge on any atom is -0.335 e. The molecule has 0 aliphatic heterocycles. The molecule has 0 saturated heterocycles. The molecule has 1 rings (SSSR count). The van der Waals surface area contributed by atoms with Crippen molar-refractivity contribution in [1.82, 2.24) is 14.9 Å². The van der Waals surface area contributed by atoms with Crippen LogP contribution in [0, 0.1) is 11.3 Å². The Bertz CT molecular complexity index is 430. The Hall–Kier alpha value is -1.34. The van der Waals surface area contributed by atoms with Gasteiger partial charge in [0.2, 0.25) is 0 Å². The molecule has 1 aromatic heterocycles. The summed E-state index contributed by atoms with van der Waals surface area (Å²) in [7, 11) is 0. The van der Waals surface area contributed by atoms with E-state index in [0.717, 1.165) is 38.6 Å². The van der Waals surface area contributed by atoms with E-state index in [0.29, 0.717) is 6.04 Å². The molecule has 1 unspecified atom stereocenters. The standard InChI is InChI=1S/C16H28N4/c1-5-8-15-18-10-12-20(15)11-7-6-9-16(4,13-17)19-14(2)3/h10,12,14,19H,5-9,11H2,1-4H3. The highest BCUT2D eigenvalue weighted by Gasteiger charge is 2.23. The molecule has 1 aromatic rings. The first kappa shape index (κ1) is 16.7. The zero-order valence-corrected chi connectivity index (χ0v) is 13.3. The second-order valence-corrected chi connectivity index (χ2v) is 5.99. The monoisotopic (exact) mass is 276 g/mol. The van der Waals surface area contributed by atoms with Crippen LogP contribution in [-0.2, 0) is 13.0 Å². The van der Waals surface area contributed by atoms with Crippen molar-refractivity contribution in [3.05, 3.63) is 18.2 Å². The molecule has 0 aromatic carbocycles. The highest BCUT2D eigenvalue weighted by molar-refractivity contribution is 5.04. The number of aromatic nitrogens is 2. The maximum absolute atomic E-state index is 9.30. The van der Waals surface area contributed by atoms with E-state index >= 15 is 0 Å². The van der Waals surface area contributed by atoms with Crippen molar-refractivity contribution in [3.63, 3.8) is 0 Å². The van der Waals surface area contributed by atoms with Crippen LogP contribution < -0.4 is 5.32 Å². The first-order valence-corrected chi connectivity index (χ1v) is 7.69. The number of nitrogens with one attached hydrogen (secondary N) is 1. The summed E-state index contributed by atoms with van der Waals surface area (Å²) < 4.78 is 2.24. The molecule has 20 heavy (non-hydrogen) atoms. The van der Waals surface area contributed by atoms with E-state index in [-0.39, 0.29) is 0 Å². The number of imidazole rings is 1. The third-order valence-corrected chi connectivity index (χ3v) is 3.46. The van der Waals surface area contributed by atoms with Crippen LogP contribution in [-0.4, -0.2) is 21.1 Å². The third kappa shape index (κ3) is 5.34. The molecule has 1 atom stereocenters. The quantitative estimate of drug-likeness (QED) is 0.704. The number of hydrogen-bond donors (Lipinski definition) is 1. The van der Waals surface area contributed by atoms with Gasteiger partial charge in [-0.2, -0.15) is 5.26 Å². The van der Waals surface area contributed by atoms with Crippen molar-refractivity contribution >= 4 is 0 Å². The van der Waals surface area contributed by atoms with E-state index < -0.39 is 5.54 Å². The van der Waals surface area contributed by atoms with Gasteiger partial charge in [-0.3, -0.25) is 5.32 Å². The summed E-state index contributed by atoms with van der Waals surface area (Å²) in [6.45, 7) is 9.33. The minimum absolute atomic E-state index is 0.337. The van der Waals surface area contributed by atoms with Gasteiger partial charge in [0.1, 0.15) is 11.4 Å². The molecule has 1 heterocycles. The topological polar surface area (TPSA) is 53.6 Å². The van der Waals surface area contributed by atoms with Gasteiger partial charge in [-0.1, -0.05) is 6.92 Å². The third-order valence-electron chi connectivity index (χ3n) is 3.46. The van der Waals surface area contributed by atoms with Gasteiger partial charge in [0.25, 0.3) is 0 Å². The van der Waals surface area contributed by atoms with Gasteiger partial charge in [-0.15, -0.1) is 0 Å². The van der Waals surface area contributed by atoms with Gasteiger partial charge >= 0.3 is 0 Å². The maximum Gasteiger partial charge on any atom is 0.108 e. The van der Waals surface area contributed by atoms with Crippen LogP contribution in [0.2, 0.25) is 0 Å². The highest BCUT2D eigenvalue weighted by atomic mass is 15.1. The van der Waals surface area contributed by atoms with Crippen LogP contribution in [0.15, 0.2) is 12.4 Å². The summed E-state index contributed by atoms with van der Waals surface area (Å²) in [4.78, 5) is 4.39. The Morgan fingerprint density at radius 3 is 2.80 bits per heavy atom. The average Bonchev–Trinajstić information content (AvgIpc) is 2.82. The smallest absolute Gasteiger partial charge is 0.108 e. The molecule has 0 saturated carbocycles. The SMILES string of the molecule is CCCc1nccn1CCCCC(C)(C#N)NC(C)C. The van der Waals surface area contributed by atoms with Crippen molar-refractivity contribution in [3.8, 4) is 6.07 Å². The Kier molecular flexibility index (Phi) is 6.74. The normalized spacial score (nSPS) is 14.2. The molecular formula is C16H28N4. The molecule has 0 amide bonds. The largest absolute Gasteiger partial charge is 0.335 e. The molecule has 0 radical (unpaired) electrons. The molecule has 0 spiro atoms. The molecule has 112 valence electrons. The Balaban J connectivity index is 2.37. The van der Waals surface area contributed by atoms with Crippen LogP contribution in [0.25, 0.3) is 0 Å². The van der Waals surface area contributed by atoms with Crippen molar-refractivity contribution in [1.29, 1.82) is 5.26 Å². The van der Waals surface area contributed by atoms with E-state index in [2.05, 4.69) is 47.9 Å².